The number of rotatable bonds is 5. The maximum atomic E-state index is 5.31. The zero-order valence-electron chi connectivity index (χ0n) is 9.25. The molecular weight excluding hydrogens is 288 g/mol. The van der Waals surface area contributed by atoms with Crippen LogP contribution in [0.5, 0.6) is 0 Å². The van der Waals surface area contributed by atoms with Gasteiger partial charge in [-0.3, -0.25) is 4.90 Å². The van der Waals surface area contributed by atoms with Crippen LogP contribution in [-0.4, -0.2) is 44.3 Å². The number of ether oxygens (including phenoxy) is 1. The lowest BCUT2D eigenvalue weighted by molar-refractivity contribution is 0.0384. The van der Waals surface area contributed by atoms with E-state index in [2.05, 4.69) is 37.6 Å². The monoisotopic (exact) mass is 304 g/mol. The third-order valence-electron chi connectivity index (χ3n) is 2.63. The molecule has 2 rings (SSSR count). The van der Waals surface area contributed by atoms with Crippen LogP contribution in [0.25, 0.3) is 0 Å². The average molecular weight is 305 g/mol. The van der Waals surface area contributed by atoms with E-state index in [-0.39, 0.29) is 0 Å². The van der Waals surface area contributed by atoms with E-state index in [1.54, 1.807) is 11.3 Å². The van der Waals surface area contributed by atoms with Crippen molar-refractivity contribution in [2.75, 3.05) is 39.4 Å². The second-order valence-electron chi connectivity index (χ2n) is 3.86. The average Bonchev–Trinajstić information content (AvgIpc) is 2.72. The highest BCUT2D eigenvalue weighted by Gasteiger charge is 2.08. The maximum absolute atomic E-state index is 5.31. The Morgan fingerprint density at radius 1 is 1.44 bits per heavy atom. The van der Waals surface area contributed by atoms with Crippen LogP contribution in [-0.2, 0) is 11.3 Å². The third-order valence-corrected chi connectivity index (χ3v) is 4.33. The Morgan fingerprint density at radius 2 is 2.25 bits per heavy atom. The van der Waals surface area contributed by atoms with Crippen LogP contribution in [0.15, 0.2) is 15.9 Å². The van der Waals surface area contributed by atoms with Crippen LogP contribution in [0, 0.1) is 0 Å². The molecule has 1 fully saturated rings. The number of thiophene rings is 1. The summed E-state index contributed by atoms with van der Waals surface area (Å²) in [5.41, 5.74) is 0. The predicted molar refractivity (Wildman–Crippen MR) is 71.0 cm³/mol. The molecule has 16 heavy (non-hydrogen) atoms. The number of morpholine rings is 1. The van der Waals surface area contributed by atoms with Gasteiger partial charge in [0.1, 0.15) is 0 Å². The summed E-state index contributed by atoms with van der Waals surface area (Å²) in [6.07, 6.45) is 0. The number of nitrogens with one attached hydrogen (secondary N) is 1. The predicted octanol–water partition coefficient (Wildman–Crippen LogP) is 1.93. The first-order valence-corrected chi connectivity index (χ1v) is 7.25. The van der Waals surface area contributed by atoms with Crippen molar-refractivity contribution in [3.63, 3.8) is 0 Å². The van der Waals surface area contributed by atoms with Crippen LogP contribution >= 0.6 is 27.3 Å². The molecule has 1 saturated heterocycles. The second kappa shape index (κ2) is 6.71. The smallest absolute Gasteiger partial charge is 0.0594 e. The molecule has 3 nitrogen and oxygen atoms in total. The van der Waals surface area contributed by atoms with Gasteiger partial charge in [0.05, 0.1) is 13.2 Å². The summed E-state index contributed by atoms with van der Waals surface area (Å²) in [6, 6.07) is 2.17. The molecule has 2 heterocycles. The molecule has 0 unspecified atom stereocenters. The fourth-order valence-corrected chi connectivity index (χ4v) is 3.14. The molecule has 90 valence electrons. The summed E-state index contributed by atoms with van der Waals surface area (Å²) in [5.74, 6) is 0. The molecule has 1 aromatic rings. The molecule has 0 aliphatic carbocycles. The van der Waals surface area contributed by atoms with Gasteiger partial charge in [0, 0.05) is 47.5 Å². The third kappa shape index (κ3) is 4.14. The van der Waals surface area contributed by atoms with Crippen LogP contribution in [0.2, 0.25) is 0 Å². The summed E-state index contributed by atoms with van der Waals surface area (Å²) in [4.78, 5) is 3.83. The fraction of sp³-hybridized carbons (Fsp3) is 0.636. The van der Waals surface area contributed by atoms with Gasteiger partial charge in [-0.1, -0.05) is 0 Å². The van der Waals surface area contributed by atoms with Crippen molar-refractivity contribution in [3.8, 4) is 0 Å². The second-order valence-corrected chi connectivity index (χ2v) is 5.77. The molecule has 1 aliphatic rings. The Morgan fingerprint density at radius 3 is 2.94 bits per heavy atom. The van der Waals surface area contributed by atoms with Crippen molar-refractivity contribution >= 4 is 27.3 Å². The zero-order valence-corrected chi connectivity index (χ0v) is 11.6. The topological polar surface area (TPSA) is 24.5 Å². The van der Waals surface area contributed by atoms with Gasteiger partial charge in [-0.15, -0.1) is 11.3 Å². The summed E-state index contributed by atoms with van der Waals surface area (Å²) in [7, 11) is 0. The Bertz CT molecular complexity index is 313. The number of hydrogen-bond donors (Lipinski definition) is 1. The van der Waals surface area contributed by atoms with Crippen molar-refractivity contribution in [2.45, 2.75) is 6.54 Å². The highest BCUT2D eigenvalue weighted by atomic mass is 79.9. The summed E-state index contributed by atoms with van der Waals surface area (Å²) < 4.78 is 6.50. The Hall–Kier alpha value is 0.0600. The van der Waals surface area contributed by atoms with Crippen LogP contribution < -0.4 is 5.32 Å². The van der Waals surface area contributed by atoms with Crippen LogP contribution in [0.4, 0.5) is 0 Å². The molecule has 0 amide bonds. The molecule has 1 aliphatic heterocycles. The minimum atomic E-state index is 0.887. The normalized spacial score (nSPS) is 17.8. The fourth-order valence-electron chi connectivity index (χ4n) is 1.72. The van der Waals surface area contributed by atoms with E-state index in [4.69, 9.17) is 4.74 Å². The lowest BCUT2D eigenvalue weighted by atomic mass is 10.4. The lowest BCUT2D eigenvalue weighted by Gasteiger charge is -2.26. The molecular formula is C11H17BrN2OS. The largest absolute Gasteiger partial charge is 0.379 e. The van der Waals surface area contributed by atoms with Crippen molar-refractivity contribution in [3.05, 3.63) is 20.8 Å². The standard InChI is InChI=1S/C11H17BrN2OS/c12-10-7-11(16-9-10)8-13-1-2-14-3-5-15-6-4-14/h7,9,13H,1-6,8H2. The van der Waals surface area contributed by atoms with Crippen molar-refractivity contribution in [2.24, 2.45) is 0 Å². The van der Waals surface area contributed by atoms with Gasteiger partial charge in [-0.2, -0.15) is 0 Å². The van der Waals surface area contributed by atoms with Gasteiger partial charge in [0.2, 0.25) is 0 Å². The molecule has 1 N–H and O–H groups in total. The Kier molecular flexibility index (Phi) is 5.25. The summed E-state index contributed by atoms with van der Waals surface area (Å²) >= 11 is 5.26. The lowest BCUT2D eigenvalue weighted by Crippen LogP contribution is -2.40. The van der Waals surface area contributed by atoms with Crippen molar-refractivity contribution in [1.29, 1.82) is 0 Å². The summed E-state index contributed by atoms with van der Waals surface area (Å²) in [6.45, 7) is 7.07. The van der Waals surface area contributed by atoms with Gasteiger partial charge in [0.15, 0.2) is 0 Å². The first kappa shape index (κ1) is 12.5. The van der Waals surface area contributed by atoms with E-state index in [0.717, 1.165) is 45.9 Å². The first-order chi connectivity index (χ1) is 7.84. The van der Waals surface area contributed by atoms with E-state index in [0.29, 0.717) is 0 Å². The minimum Gasteiger partial charge on any atom is -0.379 e. The van der Waals surface area contributed by atoms with Crippen LogP contribution in [0.1, 0.15) is 4.88 Å². The summed E-state index contributed by atoms with van der Waals surface area (Å²) in [5, 5.41) is 5.59. The minimum absolute atomic E-state index is 0.887. The van der Waals surface area contributed by atoms with E-state index >= 15 is 0 Å². The SMILES string of the molecule is Brc1csc(CNCCN2CCOCC2)c1. The van der Waals surface area contributed by atoms with Gasteiger partial charge < -0.3 is 10.1 Å². The molecule has 5 heteroatoms. The molecule has 0 radical (unpaired) electrons. The zero-order chi connectivity index (χ0) is 11.2. The highest BCUT2D eigenvalue weighted by molar-refractivity contribution is 9.10. The maximum Gasteiger partial charge on any atom is 0.0594 e. The Labute approximate surface area is 109 Å². The van der Waals surface area contributed by atoms with Crippen molar-refractivity contribution < 1.29 is 4.74 Å². The van der Waals surface area contributed by atoms with Gasteiger partial charge in [-0.25, -0.2) is 0 Å². The van der Waals surface area contributed by atoms with Gasteiger partial charge >= 0.3 is 0 Å². The van der Waals surface area contributed by atoms with E-state index in [9.17, 15) is 0 Å². The van der Waals surface area contributed by atoms with E-state index in [1.165, 1.54) is 9.35 Å². The molecule has 0 atom stereocenters. The van der Waals surface area contributed by atoms with Gasteiger partial charge in [0.25, 0.3) is 0 Å². The molecule has 0 bridgehead atoms. The quantitative estimate of drug-likeness (QED) is 0.841. The number of nitrogens with zero attached hydrogens (tertiary/aromatic N) is 1. The van der Waals surface area contributed by atoms with E-state index < -0.39 is 0 Å². The number of hydrogen-bond acceptors (Lipinski definition) is 4. The van der Waals surface area contributed by atoms with Crippen molar-refractivity contribution in [1.82, 2.24) is 10.2 Å². The molecule has 0 saturated carbocycles. The molecule has 1 aromatic heterocycles. The highest BCUT2D eigenvalue weighted by Crippen LogP contribution is 2.19. The number of halogens is 1. The first-order valence-electron chi connectivity index (χ1n) is 5.58. The Balaban J connectivity index is 1.57. The van der Waals surface area contributed by atoms with Crippen LogP contribution in [0.3, 0.4) is 0 Å². The molecule has 0 spiro atoms. The molecule has 0 aromatic carbocycles. The van der Waals surface area contributed by atoms with Gasteiger partial charge in [-0.05, 0) is 22.0 Å². The van der Waals surface area contributed by atoms with E-state index in [1.807, 2.05) is 0 Å².